The van der Waals surface area contributed by atoms with Crippen molar-refractivity contribution in [3.63, 3.8) is 0 Å². The fourth-order valence-corrected chi connectivity index (χ4v) is 2.47. The number of benzene rings is 1. The topological polar surface area (TPSA) is 105 Å². The number of aliphatic hydroxyl groups is 1. The Morgan fingerprint density at radius 1 is 1.23 bits per heavy atom. The lowest BCUT2D eigenvalue weighted by Gasteiger charge is -2.24. The molecule has 26 heavy (non-hydrogen) atoms. The van der Waals surface area contributed by atoms with Crippen LogP contribution in [0.3, 0.4) is 0 Å². The number of hydrogen-bond acceptors (Lipinski definition) is 4. The Hall–Kier alpha value is -2.75. The molecule has 142 valence electrons. The molecule has 10 heteroatoms. The predicted octanol–water partition coefficient (Wildman–Crippen LogP) is 2.10. The van der Waals surface area contributed by atoms with Gasteiger partial charge in [-0.1, -0.05) is 0 Å². The van der Waals surface area contributed by atoms with E-state index in [1.807, 2.05) is 13.8 Å². The molecule has 0 saturated carbocycles. The Bertz CT molecular complexity index is 867. The molecule has 0 amide bonds. The Kier molecular flexibility index (Phi) is 4.91. The van der Waals surface area contributed by atoms with E-state index in [2.05, 4.69) is 5.10 Å². The maximum absolute atomic E-state index is 13.2. The molecule has 1 aromatic carbocycles. The molecule has 0 aliphatic carbocycles. The SMILES string of the molecule is Cc1[nH]n(-c2ccc(OC(C)C)cc2)c(=O)c1C(O)(C(=O)O)C(F)(F)F. The molecule has 1 unspecified atom stereocenters. The molecule has 0 aliphatic rings. The molecule has 3 N–H and O–H groups in total. The van der Waals surface area contributed by atoms with Gasteiger partial charge in [-0.3, -0.25) is 9.89 Å². The van der Waals surface area contributed by atoms with Crippen molar-refractivity contribution in [2.75, 3.05) is 0 Å². The number of alkyl halides is 3. The molecular weight excluding hydrogens is 357 g/mol. The molecule has 2 rings (SSSR count). The largest absolute Gasteiger partial charge is 0.491 e. The van der Waals surface area contributed by atoms with E-state index in [9.17, 15) is 27.9 Å². The summed E-state index contributed by atoms with van der Waals surface area (Å²) < 4.78 is 45.7. The lowest BCUT2D eigenvalue weighted by atomic mass is 9.93. The number of carbonyl (C=O) groups is 1. The molecular formula is C16H17F3N2O5. The van der Waals surface area contributed by atoms with Crippen molar-refractivity contribution in [3.05, 3.63) is 45.9 Å². The minimum absolute atomic E-state index is 0.0970. The number of aryl methyl sites for hydroxylation is 1. The van der Waals surface area contributed by atoms with Gasteiger partial charge in [0, 0.05) is 5.69 Å². The van der Waals surface area contributed by atoms with Crippen LogP contribution in [0.2, 0.25) is 0 Å². The minimum Gasteiger partial charge on any atom is -0.491 e. The number of nitrogens with one attached hydrogen (secondary N) is 1. The molecule has 2 aromatic rings. The lowest BCUT2D eigenvalue weighted by molar-refractivity contribution is -0.265. The van der Waals surface area contributed by atoms with Gasteiger partial charge >= 0.3 is 12.1 Å². The van der Waals surface area contributed by atoms with Crippen LogP contribution in [0.1, 0.15) is 25.1 Å². The fraction of sp³-hybridized carbons (Fsp3) is 0.375. The molecule has 7 nitrogen and oxygen atoms in total. The van der Waals surface area contributed by atoms with E-state index in [1.54, 1.807) is 0 Å². The summed E-state index contributed by atoms with van der Waals surface area (Å²) in [4.78, 5) is 23.5. The van der Waals surface area contributed by atoms with Crippen molar-refractivity contribution in [3.8, 4) is 11.4 Å². The Balaban J connectivity index is 2.58. The van der Waals surface area contributed by atoms with E-state index >= 15 is 0 Å². The maximum atomic E-state index is 13.2. The molecule has 0 radical (unpaired) electrons. The zero-order valence-corrected chi connectivity index (χ0v) is 14.1. The number of nitrogens with zero attached hydrogens (tertiary/aromatic N) is 1. The lowest BCUT2D eigenvalue weighted by Crippen LogP contribution is -2.52. The van der Waals surface area contributed by atoms with Gasteiger partial charge in [0.15, 0.2) is 0 Å². The van der Waals surface area contributed by atoms with Crippen LogP contribution in [0.25, 0.3) is 5.69 Å². The van der Waals surface area contributed by atoms with Crippen molar-refractivity contribution in [2.24, 2.45) is 0 Å². The average molecular weight is 374 g/mol. The van der Waals surface area contributed by atoms with Gasteiger partial charge in [-0.05, 0) is 45.0 Å². The summed E-state index contributed by atoms with van der Waals surface area (Å²) in [6, 6.07) is 5.83. The Morgan fingerprint density at radius 2 is 1.77 bits per heavy atom. The highest BCUT2D eigenvalue weighted by Crippen LogP contribution is 2.39. The van der Waals surface area contributed by atoms with Crippen molar-refractivity contribution >= 4 is 5.97 Å². The fourth-order valence-electron chi connectivity index (χ4n) is 2.47. The predicted molar refractivity (Wildman–Crippen MR) is 84.5 cm³/mol. The molecule has 0 bridgehead atoms. The number of aliphatic carboxylic acids is 1. The average Bonchev–Trinajstić information content (AvgIpc) is 2.80. The number of hydrogen-bond donors (Lipinski definition) is 3. The first-order valence-electron chi connectivity index (χ1n) is 7.51. The maximum Gasteiger partial charge on any atom is 0.432 e. The standard InChI is InChI=1S/C16H17F3N2O5/c1-8(2)26-11-6-4-10(5-7-11)21-13(22)12(9(3)20-21)15(25,14(23)24)16(17,18)19/h4-8,20,25H,1-3H3,(H,23,24). The Morgan fingerprint density at radius 3 is 2.19 bits per heavy atom. The number of carboxylic acids is 1. The highest BCUT2D eigenvalue weighted by Gasteiger charge is 2.64. The van der Waals surface area contributed by atoms with Gasteiger partial charge < -0.3 is 14.9 Å². The molecule has 0 spiro atoms. The Labute approximate surface area is 145 Å². The van der Waals surface area contributed by atoms with Gasteiger partial charge in [0.25, 0.3) is 11.2 Å². The molecule has 0 saturated heterocycles. The zero-order valence-electron chi connectivity index (χ0n) is 14.1. The van der Waals surface area contributed by atoms with Crippen molar-refractivity contribution in [2.45, 2.75) is 38.7 Å². The minimum atomic E-state index is -5.59. The summed E-state index contributed by atoms with van der Waals surface area (Å²) in [6.45, 7) is 4.69. The third kappa shape index (κ3) is 3.19. The quantitative estimate of drug-likeness (QED) is 0.743. The third-order valence-electron chi connectivity index (χ3n) is 3.62. The monoisotopic (exact) mass is 374 g/mol. The normalized spacial score (nSPS) is 14.3. The van der Waals surface area contributed by atoms with Gasteiger partial charge in [-0.2, -0.15) is 13.2 Å². The number of rotatable bonds is 5. The van der Waals surface area contributed by atoms with E-state index in [1.165, 1.54) is 24.3 Å². The van der Waals surface area contributed by atoms with E-state index in [-0.39, 0.29) is 11.8 Å². The number of aromatic amines is 1. The second kappa shape index (κ2) is 6.52. The highest BCUT2D eigenvalue weighted by molar-refractivity contribution is 5.80. The van der Waals surface area contributed by atoms with Gasteiger partial charge in [0.1, 0.15) is 5.75 Å². The number of halogens is 3. The second-order valence-electron chi connectivity index (χ2n) is 5.93. The van der Waals surface area contributed by atoms with Gasteiger partial charge in [0.05, 0.1) is 17.4 Å². The van der Waals surface area contributed by atoms with E-state index in [0.717, 1.165) is 11.6 Å². The van der Waals surface area contributed by atoms with E-state index in [0.29, 0.717) is 5.75 Å². The molecule has 0 aliphatic heterocycles. The first kappa shape index (κ1) is 19.6. The molecule has 1 atom stereocenters. The van der Waals surface area contributed by atoms with Crippen LogP contribution in [-0.4, -0.2) is 38.2 Å². The summed E-state index contributed by atoms with van der Waals surface area (Å²) >= 11 is 0. The summed E-state index contributed by atoms with van der Waals surface area (Å²) in [7, 11) is 0. The van der Waals surface area contributed by atoms with Crippen LogP contribution >= 0.6 is 0 Å². The van der Waals surface area contributed by atoms with Crippen LogP contribution in [-0.2, 0) is 10.4 Å². The van der Waals surface area contributed by atoms with Crippen molar-refractivity contribution in [1.82, 2.24) is 9.78 Å². The van der Waals surface area contributed by atoms with E-state index < -0.39 is 34.6 Å². The van der Waals surface area contributed by atoms with Crippen molar-refractivity contribution < 1.29 is 32.9 Å². The van der Waals surface area contributed by atoms with Gasteiger partial charge in [-0.15, -0.1) is 0 Å². The highest BCUT2D eigenvalue weighted by atomic mass is 19.4. The van der Waals surface area contributed by atoms with Crippen molar-refractivity contribution in [1.29, 1.82) is 0 Å². The second-order valence-corrected chi connectivity index (χ2v) is 5.93. The third-order valence-corrected chi connectivity index (χ3v) is 3.62. The first-order chi connectivity index (χ1) is 11.9. The number of aromatic nitrogens is 2. The summed E-state index contributed by atoms with van der Waals surface area (Å²) in [5.74, 6) is -2.10. The molecule has 1 heterocycles. The molecule has 0 fully saturated rings. The number of H-pyrrole nitrogens is 1. The van der Waals surface area contributed by atoms with Crippen LogP contribution in [0, 0.1) is 6.92 Å². The zero-order chi connectivity index (χ0) is 19.9. The van der Waals surface area contributed by atoms with E-state index in [4.69, 9.17) is 9.84 Å². The first-order valence-corrected chi connectivity index (χ1v) is 7.51. The smallest absolute Gasteiger partial charge is 0.432 e. The van der Waals surface area contributed by atoms with Gasteiger partial charge in [-0.25, -0.2) is 9.48 Å². The van der Waals surface area contributed by atoms with Crippen LogP contribution in [0.15, 0.2) is 29.1 Å². The summed E-state index contributed by atoms with van der Waals surface area (Å²) in [5, 5.41) is 21.1. The van der Waals surface area contributed by atoms with Crippen LogP contribution in [0.4, 0.5) is 13.2 Å². The summed E-state index contributed by atoms with van der Waals surface area (Å²) in [6.07, 6.45) is -5.68. The van der Waals surface area contributed by atoms with Crippen LogP contribution in [0.5, 0.6) is 5.75 Å². The number of ether oxygens (including phenoxy) is 1. The molecule has 1 aromatic heterocycles. The van der Waals surface area contributed by atoms with Crippen LogP contribution < -0.4 is 10.3 Å². The number of carboxylic acid groups (broad SMARTS) is 1. The van der Waals surface area contributed by atoms with Gasteiger partial charge in [0.2, 0.25) is 0 Å². The summed E-state index contributed by atoms with van der Waals surface area (Å²) in [5.41, 5.74) is -7.20.